The van der Waals surface area contributed by atoms with E-state index in [9.17, 15) is 14.4 Å². The van der Waals surface area contributed by atoms with Gasteiger partial charge in [0, 0.05) is 14.1 Å². The number of rotatable bonds is 4. The molecule has 0 saturated heterocycles. The fourth-order valence-corrected chi connectivity index (χ4v) is 1.35. The molecule has 1 heterocycles. The third-order valence-electron chi connectivity index (χ3n) is 2.26. The molecular weight excluding hydrogens is 250 g/mol. The predicted octanol–water partition coefficient (Wildman–Crippen LogP) is -0.0225. The quantitative estimate of drug-likeness (QED) is 0.745. The first-order valence-electron chi connectivity index (χ1n) is 5.66. The van der Waals surface area contributed by atoms with Gasteiger partial charge in [0.2, 0.25) is 0 Å². The summed E-state index contributed by atoms with van der Waals surface area (Å²) in [6, 6.07) is 2.56. The van der Waals surface area contributed by atoms with Crippen molar-refractivity contribution >= 4 is 17.8 Å². The Bertz CT molecular complexity index is 479. The lowest BCUT2D eigenvalue weighted by Gasteiger charge is -2.07. The summed E-state index contributed by atoms with van der Waals surface area (Å²) in [7, 11) is 2.86. The SMILES string of the molecule is CCOC(=O)c1cc(C(=O)NC)nc(C(=O)NC)c1. The smallest absolute Gasteiger partial charge is 0.338 e. The number of carbonyl (C=O) groups is 3. The van der Waals surface area contributed by atoms with E-state index < -0.39 is 17.8 Å². The molecule has 1 aromatic heterocycles. The van der Waals surface area contributed by atoms with Gasteiger partial charge in [0.05, 0.1) is 12.2 Å². The molecule has 102 valence electrons. The van der Waals surface area contributed by atoms with E-state index >= 15 is 0 Å². The number of ether oxygens (including phenoxy) is 1. The van der Waals surface area contributed by atoms with Gasteiger partial charge in [0.25, 0.3) is 11.8 Å². The van der Waals surface area contributed by atoms with Crippen LogP contribution in [-0.2, 0) is 4.74 Å². The molecular formula is C12H15N3O4. The lowest BCUT2D eigenvalue weighted by Crippen LogP contribution is -2.25. The number of hydrogen-bond acceptors (Lipinski definition) is 5. The number of carbonyl (C=O) groups excluding carboxylic acids is 3. The van der Waals surface area contributed by atoms with Crippen molar-refractivity contribution in [1.29, 1.82) is 0 Å². The molecule has 0 fully saturated rings. The minimum absolute atomic E-state index is 0.0216. The molecule has 0 aliphatic heterocycles. The largest absolute Gasteiger partial charge is 0.462 e. The molecule has 0 unspecified atom stereocenters. The summed E-state index contributed by atoms with van der Waals surface area (Å²) in [5, 5.41) is 4.76. The topological polar surface area (TPSA) is 97.4 Å². The Hall–Kier alpha value is -2.44. The van der Waals surface area contributed by atoms with E-state index in [2.05, 4.69) is 15.6 Å². The van der Waals surface area contributed by atoms with Gasteiger partial charge in [-0.3, -0.25) is 9.59 Å². The minimum atomic E-state index is -0.611. The Morgan fingerprint density at radius 1 is 1.11 bits per heavy atom. The Labute approximate surface area is 110 Å². The van der Waals surface area contributed by atoms with Crippen molar-refractivity contribution in [2.45, 2.75) is 6.92 Å². The molecule has 7 nitrogen and oxygen atoms in total. The first-order chi connectivity index (χ1) is 9.03. The molecule has 0 bridgehead atoms. The van der Waals surface area contributed by atoms with Gasteiger partial charge in [-0.25, -0.2) is 9.78 Å². The average molecular weight is 265 g/mol. The molecule has 0 aliphatic rings. The normalized spacial score (nSPS) is 9.63. The van der Waals surface area contributed by atoms with Crippen LogP contribution in [0.2, 0.25) is 0 Å². The second-order valence-corrected chi connectivity index (χ2v) is 3.51. The summed E-state index contributed by atoms with van der Waals surface area (Å²) < 4.78 is 4.83. The van der Waals surface area contributed by atoms with Gasteiger partial charge in [-0.1, -0.05) is 0 Å². The van der Waals surface area contributed by atoms with Gasteiger partial charge in [-0.2, -0.15) is 0 Å². The van der Waals surface area contributed by atoms with Gasteiger partial charge in [-0.15, -0.1) is 0 Å². The maximum absolute atomic E-state index is 11.7. The number of pyridine rings is 1. The summed E-state index contributed by atoms with van der Waals surface area (Å²) in [5.41, 5.74) is 0.0624. The molecule has 0 spiro atoms. The van der Waals surface area contributed by atoms with Gasteiger partial charge < -0.3 is 15.4 Å². The van der Waals surface area contributed by atoms with Crippen LogP contribution in [0.4, 0.5) is 0 Å². The molecule has 0 aromatic carbocycles. The van der Waals surface area contributed by atoms with Crippen molar-refractivity contribution < 1.29 is 19.1 Å². The second-order valence-electron chi connectivity index (χ2n) is 3.51. The van der Waals surface area contributed by atoms with Gasteiger partial charge in [-0.05, 0) is 19.1 Å². The summed E-state index contributed by atoms with van der Waals surface area (Å²) in [6.07, 6.45) is 0. The van der Waals surface area contributed by atoms with Crippen molar-refractivity contribution in [3.8, 4) is 0 Å². The molecule has 0 atom stereocenters. The van der Waals surface area contributed by atoms with Crippen molar-refractivity contribution in [3.63, 3.8) is 0 Å². The number of nitrogens with zero attached hydrogens (tertiary/aromatic N) is 1. The zero-order chi connectivity index (χ0) is 14.4. The number of hydrogen-bond donors (Lipinski definition) is 2. The standard InChI is InChI=1S/C12H15N3O4/c1-4-19-12(18)7-5-8(10(16)13-2)15-9(6-7)11(17)14-3/h5-6H,4H2,1-3H3,(H,13,16)(H,14,17). The number of aromatic nitrogens is 1. The van der Waals surface area contributed by atoms with Crippen LogP contribution in [0, 0.1) is 0 Å². The Morgan fingerprint density at radius 2 is 1.58 bits per heavy atom. The zero-order valence-corrected chi connectivity index (χ0v) is 10.9. The molecule has 2 N–H and O–H groups in total. The number of nitrogens with one attached hydrogen (secondary N) is 2. The third kappa shape index (κ3) is 3.51. The first kappa shape index (κ1) is 14.6. The third-order valence-corrected chi connectivity index (χ3v) is 2.26. The zero-order valence-electron chi connectivity index (χ0n) is 10.9. The van der Waals surface area contributed by atoms with E-state index in [1.165, 1.54) is 26.2 Å². The second kappa shape index (κ2) is 6.48. The van der Waals surface area contributed by atoms with Crippen molar-refractivity contribution in [2.75, 3.05) is 20.7 Å². The highest BCUT2D eigenvalue weighted by molar-refractivity contribution is 6.00. The Kier molecular flexibility index (Phi) is 4.99. The van der Waals surface area contributed by atoms with E-state index in [1.54, 1.807) is 6.92 Å². The van der Waals surface area contributed by atoms with Crippen LogP contribution >= 0.6 is 0 Å². The maximum atomic E-state index is 11.7. The molecule has 0 aliphatic carbocycles. The fraction of sp³-hybridized carbons (Fsp3) is 0.333. The first-order valence-corrected chi connectivity index (χ1v) is 5.66. The van der Waals surface area contributed by atoms with Gasteiger partial charge in [0.1, 0.15) is 11.4 Å². The van der Waals surface area contributed by atoms with Crippen molar-refractivity contribution in [3.05, 3.63) is 29.1 Å². The highest BCUT2D eigenvalue weighted by Crippen LogP contribution is 2.08. The van der Waals surface area contributed by atoms with E-state index in [1.807, 2.05) is 0 Å². The molecule has 1 aromatic rings. The van der Waals surface area contributed by atoms with E-state index in [-0.39, 0.29) is 23.6 Å². The molecule has 0 radical (unpaired) electrons. The average Bonchev–Trinajstić information content (AvgIpc) is 2.45. The van der Waals surface area contributed by atoms with Crippen molar-refractivity contribution in [2.24, 2.45) is 0 Å². The fourth-order valence-electron chi connectivity index (χ4n) is 1.35. The molecule has 2 amide bonds. The van der Waals surface area contributed by atoms with E-state index in [0.717, 1.165) is 0 Å². The van der Waals surface area contributed by atoms with E-state index in [0.29, 0.717) is 0 Å². The van der Waals surface area contributed by atoms with Gasteiger partial charge in [0.15, 0.2) is 0 Å². The van der Waals surface area contributed by atoms with Crippen LogP contribution in [0.5, 0.6) is 0 Å². The van der Waals surface area contributed by atoms with Crippen LogP contribution in [0.15, 0.2) is 12.1 Å². The van der Waals surface area contributed by atoms with Crippen LogP contribution in [-0.4, -0.2) is 43.5 Å². The van der Waals surface area contributed by atoms with Crippen LogP contribution in [0.25, 0.3) is 0 Å². The molecule has 19 heavy (non-hydrogen) atoms. The maximum Gasteiger partial charge on any atom is 0.338 e. The summed E-state index contributed by atoms with van der Waals surface area (Å²) in [4.78, 5) is 38.6. The van der Waals surface area contributed by atoms with Gasteiger partial charge >= 0.3 is 5.97 Å². The lowest BCUT2D eigenvalue weighted by atomic mass is 10.1. The minimum Gasteiger partial charge on any atom is -0.462 e. The number of esters is 1. The lowest BCUT2D eigenvalue weighted by molar-refractivity contribution is 0.0526. The van der Waals surface area contributed by atoms with Crippen LogP contribution in [0.3, 0.4) is 0 Å². The monoisotopic (exact) mass is 265 g/mol. The van der Waals surface area contributed by atoms with Crippen molar-refractivity contribution in [1.82, 2.24) is 15.6 Å². The van der Waals surface area contributed by atoms with E-state index in [4.69, 9.17) is 4.74 Å². The summed E-state index contributed by atoms with van der Waals surface area (Å²) >= 11 is 0. The Balaban J connectivity index is 3.27. The van der Waals surface area contributed by atoms with Crippen LogP contribution in [0.1, 0.15) is 38.3 Å². The summed E-state index contributed by atoms with van der Waals surface area (Å²) in [6.45, 7) is 1.87. The highest BCUT2D eigenvalue weighted by Gasteiger charge is 2.17. The predicted molar refractivity (Wildman–Crippen MR) is 67.0 cm³/mol. The summed E-state index contributed by atoms with van der Waals surface area (Å²) in [5.74, 6) is -1.59. The highest BCUT2D eigenvalue weighted by atomic mass is 16.5. The molecule has 0 saturated carbocycles. The number of amides is 2. The molecule has 1 rings (SSSR count). The van der Waals surface area contributed by atoms with Crippen LogP contribution < -0.4 is 10.6 Å². The molecule has 7 heteroatoms. The Morgan fingerprint density at radius 3 is 1.95 bits per heavy atom.